The van der Waals surface area contributed by atoms with Crippen LogP contribution < -0.4 is 0 Å². The summed E-state index contributed by atoms with van der Waals surface area (Å²) < 4.78 is 30.0. The van der Waals surface area contributed by atoms with E-state index in [1.54, 1.807) is 88.4 Å². The van der Waals surface area contributed by atoms with E-state index in [0.29, 0.717) is 11.1 Å². The number of ketones is 1. The van der Waals surface area contributed by atoms with E-state index in [2.05, 4.69) is 0 Å². The van der Waals surface area contributed by atoms with E-state index in [1.165, 1.54) is 0 Å². The molecule has 0 aliphatic carbocycles. The predicted molar refractivity (Wildman–Crippen MR) is 93.2 cm³/mol. The summed E-state index contributed by atoms with van der Waals surface area (Å²) in [7, 11) is 0. The maximum atomic E-state index is 15.0. The van der Waals surface area contributed by atoms with Crippen molar-refractivity contribution in [2.75, 3.05) is 0 Å². The fraction of sp³-hybridized carbons (Fsp3) is 0.381. The van der Waals surface area contributed by atoms with E-state index in [0.717, 1.165) is 0 Å². The summed E-state index contributed by atoms with van der Waals surface area (Å²) in [6.07, 6.45) is -2.98. The van der Waals surface area contributed by atoms with Gasteiger partial charge in [0.1, 0.15) is 12.3 Å². The van der Waals surface area contributed by atoms with Gasteiger partial charge < -0.3 is 0 Å². The van der Waals surface area contributed by atoms with Gasteiger partial charge in [0.05, 0.1) is 10.8 Å². The van der Waals surface area contributed by atoms with Crippen LogP contribution in [0.4, 0.5) is 8.78 Å². The van der Waals surface area contributed by atoms with Gasteiger partial charge in [0, 0.05) is 0 Å². The Labute approximate surface area is 142 Å². The van der Waals surface area contributed by atoms with Crippen LogP contribution in [0, 0.1) is 10.8 Å². The Kier molecular flexibility index (Phi) is 5.22. The first-order valence-corrected chi connectivity index (χ1v) is 8.12. The standard InChI is InChI=1S/C21H24F2O/c1-20(2,17(22)15-11-7-5-8-12-15)19(24)21(3,4)18(23)16-13-9-6-10-14-16/h5-14,17-18H,1-4H3. The van der Waals surface area contributed by atoms with Crippen LogP contribution in [-0.4, -0.2) is 5.78 Å². The van der Waals surface area contributed by atoms with Gasteiger partial charge in [-0.3, -0.25) is 4.79 Å². The van der Waals surface area contributed by atoms with Gasteiger partial charge in [-0.05, 0) is 38.8 Å². The Balaban J connectivity index is 2.31. The van der Waals surface area contributed by atoms with Crippen molar-refractivity contribution >= 4 is 5.78 Å². The number of Topliss-reactive ketones (excluding diaryl/α,β-unsaturated/α-hetero) is 1. The molecular formula is C21H24F2O. The molecule has 0 heterocycles. The van der Waals surface area contributed by atoms with Gasteiger partial charge in [0.25, 0.3) is 0 Å². The fourth-order valence-electron chi connectivity index (χ4n) is 3.14. The minimum absolute atomic E-state index is 0.428. The molecule has 2 atom stereocenters. The zero-order valence-electron chi connectivity index (χ0n) is 14.6. The Morgan fingerprint density at radius 2 is 1.00 bits per heavy atom. The number of benzene rings is 2. The summed E-state index contributed by atoms with van der Waals surface area (Å²) >= 11 is 0. The first-order valence-electron chi connectivity index (χ1n) is 8.12. The molecule has 1 nitrogen and oxygen atoms in total. The first kappa shape index (κ1) is 18.3. The van der Waals surface area contributed by atoms with E-state index in [1.807, 2.05) is 0 Å². The smallest absolute Gasteiger partial charge is 0.150 e. The van der Waals surface area contributed by atoms with E-state index >= 15 is 8.78 Å². The maximum absolute atomic E-state index is 15.0. The van der Waals surface area contributed by atoms with Crippen molar-refractivity contribution < 1.29 is 13.6 Å². The molecule has 0 radical (unpaired) electrons. The number of hydrogen-bond donors (Lipinski definition) is 0. The van der Waals surface area contributed by atoms with Gasteiger partial charge >= 0.3 is 0 Å². The third kappa shape index (κ3) is 3.40. The molecule has 128 valence electrons. The summed E-state index contributed by atoms with van der Waals surface area (Å²) in [5, 5.41) is 0. The third-order valence-corrected chi connectivity index (χ3v) is 4.62. The Bertz CT molecular complexity index is 618. The van der Waals surface area contributed by atoms with E-state index in [4.69, 9.17) is 0 Å². The molecule has 24 heavy (non-hydrogen) atoms. The molecule has 0 aliphatic heterocycles. The molecule has 0 aromatic heterocycles. The van der Waals surface area contributed by atoms with Crippen molar-refractivity contribution in [2.45, 2.75) is 40.0 Å². The molecule has 0 aliphatic rings. The highest BCUT2D eigenvalue weighted by Gasteiger charge is 2.49. The molecule has 2 unspecified atom stereocenters. The molecule has 0 N–H and O–H groups in total. The number of carbonyl (C=O) groups excluding carboxylic acids is 1. The van der Waals surface area contributed by atoms with Crippen molar-refractivity contribution in [2.24, 2.45) is 10.8 Å². The first-order chi connectivity index (χ1) is 11.2. The Morgan fingerprint density at radius 3 is 1.29 bits per heavy atom. The highest BCUT2D eigenvalue weighted by molar-refractivity contribution is 5.90. The fourth-order valence-corrected chi connectivity index (χ4v) is 3.14. The van der Waals surface area contributed by atoms with Crippen LogP contribution in [0.3, 0.4) is 0 Å². The molecule has 3 heteroatoms. The van der Waals surface area contributed by atoms with Gasteiger partial charge in [-0.2, -0.15) is 0 Å². The molecular weight excluding hydrogens is 306 g/mol. The second-order valence-corrected chi connectivity index (χ2v) is 7.32. The van der Waals surface area contributed by atoms with E-state index in [9.17, 15) is 4.79 Å². The van der Waals surface area contributed by atoms with Crippen LogP contribution in [0.1, 0.15) is 51.2 Å². The molecule has 0 fully saturated rings. The van der Waals surface area contributed by atoms with Crippen LogP contribution in [0.15, 0.2) is 60.7 Å². The second-order valence-electron chi connectivity index (χ2n) is 7.32. The van der Waals surface area contributed by atoms with Crippen LogP contribution in [0.25, 0.3) is 0 Å². The number of alkyl halides is 2. The predicted octanol–water partition coefficient (Wildman–Crippen LogP) is 6.03. The van der Waals surface area contributed by atoms with E-state index < -0.39 is 29.0 Å². The number of rotatable bonds is 6. The van der Waals surface area contributed by atoms with Crippen molar-refractivity contribution in [3.05, 3.63) is 71.8 Å². The average Bonchev–Trinajstić information content (AvgIpc) is 2.61. The summed E-state index contributed by atoms with van der Waals surface area (Å²) in [6, 6.07) is 17.1. The lowest BCUT2D eigenvalue weighted by Crippen LogP contribution is -2.42. The highest BCUT2D eigenvalue weighted by Crippen LogP contribution is 2.47. The summed E-state index contributed by atoms with van der Waals surface area (Å²) in [6.45, 7) is 6.19. The average molecular weight is 330 g/mol. The van der Waals surface area contributed by atoms with Crippen LogP contribution in [0.5, 0.6) is 0 Å². The zero-order valence-corrected chi connectivity index (χ0v) is 14.6. The SMILES string of the molecule is CC(C)(C(=O)C(C)(C)C(F)c1ccccc1)C(F)c1ccccc1. The Hall–Kier alpha value is -2.03. The minimum Gasteiger partial charge on any atom is -0.298 e. The monoisotopic (exact) mass is 330 g/mol. The zero-order chi connectivity index (χ0) is 18.0. The number of halogens is 2. The molecule has 0 saturated heterocycles. The second kappa shape index (κ2) is 6.84. The van der Waals surface area contributed by atoms with Crippen LogP contribution in [0.2, 0.25) is 0 Å². The van der Waals surface area contributed by atoms with Crippen LogP contribution in [-0.2, 0) is 4.79 Å². The van der Waals surface area contributed by atoms with Crippen molar-refractivity contribution in [1.29, 1.82) is 0 Å². The molecule has 2 aromatic carbocycles. The number of carbonyl (C=O) groups is 1. The lowest BCUT2D eigenvalue weighted by molar-refractivity contribution is -0.143. The van der Waals surface area contributed by atoms with Gasteiger partial charge in [-0.15, -0.1) is 0 Å². The lowest BCUT2D eigenvalue weighted by Gasteiger charge is -2.37. The summed E-state index contributed by atoms with van der Waals surface area (Å²) in [5.74, 6) is -0.428. The number of hydrogen-bond acceptors (Lipinski definition) is 1. The summed E-state index contributed by atoms with van der Waals surface area (Å²) in [4.78, 5) is 13.0. The maximum Gasteiger partial charge on any atom is 0.150 e. The van der Waals surface area contributed by atoms with Gasteiger partial charge in [0.2, 0.25) is 0 Å². The quantitative estimate of drug-likeness (QED) is 0.632. The van der Waals surface area contributed by atoms with Gasteiger partial charge in [0.15, 0.2) is 5.78 Å². The topological polar surface area (TPSA) is 17.1 Å². The molecule has 2 rings (SSSR count). The normalized spacial score (nSPS) is 14.9. The molecule has 0 spiro atoms. The van der Waals surface area contributed by atoms with Crippen LogP contribution >= 0.6 is 0 Å². The molecule has 0 bridgehead atoms. The van der Waals surface area contributed by atoms with Crippen molar-refractivity contribution in [1.82, 2.24) is 0 Å². The molecule has 0 amide bonds. The third-order valence-electron chi connectivity index (χ3n) is 4.62. The van der Waals surface area contributed by atoms with Crippen molar-refractivity contribution in [3.8, 4) is 0 Å². The van der Waals surface area contributed by atoms with Gasteiger partial charge in [-0.1, -0.05) is 60.7 Å². The molecule has 2 aromatic rings. The largest absolute Gasteiger partial charge is 0.298 e. The molecule has 0 saturated carbocycles. The van der Waals surface area contributed by atoms with Gasteiger partial charge in [-0.25, -0.2) is 8.78 Å². The Morgan fingerprint density at radius 1 is 0.708 bits per heavy atom. The highest BCUT2D eigenvalue weighted by atomic mass is 19.1. The summed E-state index contributed by atoms with van der Waals surface area (Å²) in [5.41, 5.74) is -1.79. The van der Waals surface area contributed by atoms with Crippen molar-refractivity contribution in [3.63, 3.8) is 0 Å². The lowest BCUT2D eigenvalue weighted by atomic mass is 9.67. The minimum atomic E-state index is -1.49. The van der Waals surface area contributed by atoms with E-state index in [-0.39, 0.29) is 0 Å².